The number of benzene rings is 1. The molecule has 1 aromatic carbocycles. The second-order valence-electron chi connectivity index (χ2n) is 5.51. The van der Waals surface area contributed by atoms with Crippen molar-refractivity contribution < 1.29 is 4.74 Å². The zero-order valence-electron chi connectivity index (χ0n) is 12.2. The average Bonchev–Trinajstić information content (AvgIpc) is 2.33. The fourth-order valence-electron chi connectivity index (χ4n) is 2.02. The van der Waals surface area contributed by atoms with Crippen molar-refractivity contribution in [1.82, 2.24) is 0 Å². The van der Waals surface area contributed by atoms with Crippen LogP contribution in [-0.4, -0.2) is 13.7 Å². The molecule has 0 unspecified atom stereocenters. The molecule has 0 spiro atoms. The largest absolute Gasteiger partial charge is 0.496 e. The molecule has 1 aromatic rings. The van der Waals surface area contributed by atoms with E-state index in [1.807, 2.05) is 12.2 Å². The van der Waals surface area contributed by atoms with Crippen molar-refractivity contribution in [2.24, 2.45) is 5.73 Å². The van der Waals surface area contributed by atoms with Gasteiger partial charge in [0.25, 0.3) is 0 Å². The van der Waals surface area contributed by atoms with E-state index in [1.165, 1.54) is 11.1 Å². The van der Waals surface area contributed by atoms with E-state index in [0.29, 0.717) is 6.54 Å². The van der Waals surface area contributed by atoms with Gasteiger partial charge in [-0.2, -0.15) is 0 Å². The molecule has 2 N–H and O–H groups in total. The Morgan fingerprint density at radius 3 is 2.39 bits per heavy atom. The third-order valence-electron chi connectivity index (χ3n) is 3.03. The summed E-state index contributed by atoms with van der Waals surface area (Å²) in [5.41, 5.74) is 9.31. The quantitative estimate of drug-likeness (QED) is 0.883. The highest BCUT2D eigenvalue weighted by atomic mass is 16.5. The molecule has 2 nitrogen and oxygen atoms in total. The third kappa shape index (κ3) is 3.36. The van der Waals surface area contributed by atoms with Gasteiger partial charge in [-0.3, -0.25) is 0 Å². The van der Waals surface area contributed by atoms with Gasteiger partial charge in [0.05, 0.1) is 7.11 Å². The van der Waals surface area contributed by atoms with Crippen molar-refractivity contribution in [2.75, 3.05) is 13.7 Å². The molecule has 0 aliphatic heterocycles. The van der Waals surface area contributed by atoms with Gasteiger partial charge >= 0.3 is 0 Å². The Bertz CT molecular complexity index is 427. The minimum absolute atomic E-state index is 0.0713. The maximum absolute atomic E-state index is 5.61. The van der Waals surface area contributed by atoms with E-state index in [1.54, 1.807) is 7.11 Å². The fraction of sp³-hybridized carbons (Fsp3) is 0.500. The van der Waals surface area contributed by atoms with Gasteiger partial charge in [0.15, 0.2) is 0 Å². The lowest BCUT2D eigenvalue weighted by Crippen LogP contribution is -2.14. The molecule has 0 aliphatic rings. The Labute approximate surface area is 111 Å². The molecule has 0 saturated heterocycles. The van der Waals surface area contributed by atoms with Gasteiger partial charge in [0, 0.05) is 17.7 Å². The highest BCUT2D eigenvalue weighted by Gasteiger charge is 2.21. The van der Waals surface area contributed by atoms with E-state index in [-0.39, 0.29) is 5.41 Å². The van der Waals surface area contributed by atoms with Crippen LogP contribution in [0.4, 0.5) is 0 Å². The number of ether oxygens (including phenoxy) is 1. The molecule has 100 valence electrons. The predicted molar refractivity (Wildman–Crippen MR) is 79.2 cm³/mol. The Hall–Kier alpha value is -1.28. The van der Waals surface area contributed by atoms with Crippen molar-refractivity contribution in [3.8, 4) is 5.75 Å². The Morgan fingerprint density at radius 1 is 1.28 bits per heavy atom. The van der Waals surface area contributed by atoms with Crippen LogP contribution in [0.5, 0.6) is 5.75 Å². The van der Waals surface area contributed by atoms with Gasteiger partial charge in [-0.05, 0) is 23.5 Å². The molecule has 0 aliphatic carbocycles. The number of rotatable bonds is 4. The summed E-state index contributed by atoms with van der Waals surface area (Å²) in [4.78, 5) is 0. The standard InChI is InChI=1S/C16H25NO/c1-6-12-10-13(8-7-9-17)15(18-5)14(11-12)16(2,3)4/h7-8,10-11H,6,9,17H2,1-5H3/b8-7+. The lowest BCUT2D eigenvalue weighted by atomic mass is 9.83. The molecule has 0 heterocycles. The first-order valence-corrected chi connectivity index (χ1v) is 6.52. The molecule has 0 aromatic heterocycles. The average molecular weight is 247 g/mol. The summed E-state index contributed by atoms with van der Waals surface area (Å²) in [6, 6.07) is 4.43. The van der Waals surface area contributed by atoms with Gasteiger partial charge in [0.2, 0.25) is 0 Å². The molecular formula is C16H25NO. The summed E-state index contributed by atoms with van der Waals surface area (Å²) >= 11 is 0. The Kier molecular flexibility index (Phi) is 4.97. The SMILES string of the molecule is CCc1cc(/C=C/CN)c(OC)c(C(C)(C)C)c1. The normalized spacial score (nSPS) is 12.1. The van der Waals surface area contributed by atoms with Crippen LogP contribution in [0.3, 0.4) is 0 Å². The van der Waals surface area contributed by atoms with Crippen LogP contribution in [0.15, 0.2) is 18.2 Å². The van der Waals surface area contributed by atoms with Gasteiger partial charge in [-0.25, -0.2) is 0 Å². The monoisotopic (exact) mass is 247 g/mol. The second-order valence-corrected chi connectivity index (χ2v) is 5.51. The maximum Gasteiger partial charge on any atom is 0.129 e. The number of hydrogen-bond donors (Lipinski definition) is 1. The summed E-state index contributed by atoms with van der Waals surface area (Å²) in [5, 5.41) is 0. The third-order valence-corrected chi connectivity index (χ3v) is 3.03. The Morgan fingerprint density at radius 2 is 1.94 bits per heavy atom. The molecule has 0 saturated carbocycles. The first-order chi connectivity index (χ1) is 8.43. The van der Waals surface area contributed by atoms with E-state index in [2.05, 4.69) is 39.8 Å². The van der Waals surface area contributed by atoms with E-state index in [0.717, 1.165) is 17.7 Å². The van der Waals surface area contributed by atoms with Crippen LogP contribution in [-0.2, 0) is 11.8 Å². The summed E-state index contributed by atoms with van der Waals surface area (Å²) in [6.45, 7) is 9.34. The first-order valence-electron chi connectivity index (χ1n) is 6.52. The minimum atomic E-state index is 0.0713. The number of hydrogen-bond acceptors (Lipinski definition) is 2. The van der Waals surface area contributed by atoms with E-state index < -0.39 is 0 Å². The molecule has 18 heavy (non-hydrogen) atoms. The van der Waals surface area contributed by atoms with Crippen LogP contribution >= 0.6 is 0 Å². The maximum atomic E-state index is 5.61. The lowest BCUT2D eigenvalue weighted by Gasteiger charge is -2.24. The van der Waals surface area contributed by atoms with E-state index in [4.69, 9.17) is 10.5 Å². The van der Waals surface area contributed by atoms with Crippen molar-refractivity contribution in [3.05, 3.63) is 34.9 Å². The minimum Gasteiger partial charge on any atom is -0.496 e. The van der Waals surface area contributed by atoms with Gasteiger partial charge in [0.1, 0.15) is 5.75 Å². The van der Waals surface area contributed by atoms with Gasteiger partial charge in [-0.1, -0.05) is 45.9 Å². The van der Waals surface area contributed by atoms with Crippen molar-refractivity contribution in [2.45, 2.75) is 39.5 Å². The smallest absolute Gasteiger partial charge is 0.129 e. The molecular weight excluding hydrogens is 222 g/mol. The summed E-state index contributed by atoms with van der Waals surface area (Å²) in [6.07, 6.45) is 5.04. The topological polar surface area (TPSA) is 35.2 Å². The van der Waals surface area contributed by atoms with Gasteiger partial charge < -0.3 is 10.5 Å². The number of methoxy groups -OCH3 is 1. The zero-order valence-corrected chi connectivity index (χ0v) is 12.2. The summed E-state index contributed by atoms with van der Waals surface area (Å²) in [5.74, 6) is 0.962. The Balaban J connectivity index is 3.45. The molecule has 0 bridgehead atoms. The van der Waals surface area contributed by atoms with Crippen LogP contribution in [0.1, 0.15) is 44.4 Å². The van der Waals surface area contributed by atoms with Crippen molar-refractivity contribution >= 4 is 6.08 Å². The zero-order chi connectivity index (χ0) is 13.8. The van der Waals surface area contributed by atoms with E-state index >= 15 is 0 Å². The van der Waals surface area contributed by atoms with Crippen molar-refractivity contribution in [3.63, 3.8) is 0 Å². The molecule has 0 fully saturated rings. The number of nitrogens with two attached hydrogens (primary N) is 1. The summed E-state index contributed by atoms with van der Waals surface area (Å²) < 4.78 is 5.61. The molecule has 1 rings (SSSR count). The van der Waals surface area contributed by atoms with Crippen LogP contribution in [0.25, 0.3) is 6.08 Å². The van der Waals surface area contributed by atoms with E-state index in [9.17, 15) is 0 Å². The molecule has 0 atom stereocenters. The molecule has 0 amide bonds. The highest BCUT2D eigenvalue weighted by Crippen LogP contribution is 2.36. The van der Waals surface area contributed by atoms with Crippen LogP contribution in [0.2, 0.25) is 0 Å². The fourth-order valence-corrected chi connectivity index (χ4v) is 2.02. The van der Waals surface area contributed by atoms with Gasteiger partial charge in [-0.15, -0.1) is 0 Å². The van der Waals surface area contributed by atoms with Crippen LogP contribution < -0.4 is 10.5 Å². The number of aryl methyl sites for hydroxylation is 1. The molecule has 0 radical (unpaired) electrons. The summed E-state index contributed by atoms with van der Waals surface area (Å²) in [7, 11) is 1.73. The highest BCUT2D eigenvalue weighted by molar-refractivity contribution is 5.62. The van der Waals surface area contributed by atoms with Crippen molar-refractivity contribution in [1.29, 1.82) is 0 Å². The lowest BCUT2D eigenvalue weighted by molar-refractivity contribution is 0.396. The first kappa shape index (κ1) is 14.8. The second kappa shape index (κ2) is 6.05. The predicted octanol–water partition coefficient (Wildman–Crippen LogP) is 3.53. The van der Waals surface area contributed by atoms with Crippen LogP contribution in [0, 0.1) is 0 Å². The molecule has 2 heteroatoms.